The Kier molecular flexibility index (Phi) is 4.04. The summed E-state index contributed by atoms with van der Waals surface area (Å²) in [6, 6.07) is 1.86. The third kappa shape index (κ3) is 2.66. The minimum absolute atomic E-state index is 0.414. The molecule has 2 aromatic heterocycles. The van der Waals surface area contributed by atoms with Gasteiger partial charge >= 0.3 is 0 Å². The van der Waals surface area contributed by atoms with Crippen molar-refractivity contribution in [2.24, 2.45) is 5.73 Å². The van der Waals surface area contributed by atoms with Crippen molar-refractivity contribution in [3.63, 3.8) is 0 Å². The number of carbonyl (C=O) groups is 1. The summed E-state index contributed by atoms with van der Waals surface area (Å²) < 4.78 is 2.10. The molecule has 0 atom stereocenters. The van der Waals surface area contributed by atoms with Gasteiger partial charge in [-0.2, -0.15) is 0 Å². The van der Waals surface area contributed by atoms with Gasteiger partial charge in [-0.1, -0.05) is 0 Å². The summed E-state index contributed by atoms with van der Waals surface area (Å²) in [6.07, 6.45) is 6.99. The molecule has 1 amide bonds. The summed E-state index contributed by atoms with van der Waals surface area (Å²) >= 11 is 0. The predicted octanol–water partition coefficient (Wildman–Crippen LogP) is 1.18. The molecule has 2 N–H and O–H groups in total. The molecule has 0 spiro atoms. The van der Waals surface area contributed by atoms with Gasteiger partial charge in [-0.25, -0.2) is 0 Å². The van der Waals surface area contributed by atoms with Crippen LogP contribution in [0.15, 0.2) is 24.8 Å². The molecule has 1 saturated heterocycles. The number of hydrogen-bond acceptors (Lipinski definition) is 5. The summed E-state index contributed by atoms with van der Waals surface area (Å²) in [6.45, 7) is 4.72. The quantitative estimate of drug-likeness (QED) is 0.915. The van der Waals surface area contributed by atoms with Gasteiger partial charge in [0, 0.05) is 37.9 Å². The minimum atomic E-state index is -0.434. The molecule has 0 unspecified atom stereocenters. The van der Waals surface area contributed by atoms with E-state index in [1.807, 2.05) is 6.07 Å². The average molecular weight is 300 g/mol. The van der Waals surface area contributed by atoms with E-state index < -0.39 is 5.91 Å². The number of amides is 1. The Bertz CT molecular complexity index is 660. The zero-order chi connectivity index (χ0) is 15.5. The van der Waals surface area contributed by atoms with Crippen LogP contribution in [-0.4, -0.2) is 38.7 Å². The van der Waals surface area contributed by atoms with E-state index >= 15 is 0 Å². The van der Waals surface area contributed by atoms with E-state index in [0.717, 1.165) is 44.0 Å². The molecule has 0 saturated carbocycles. The van der Waals surface area contributed by atoms with Gasteiger partial charge in [0.05, 0.1) is 11.3 Å². The minimum Gasteiger partial charge on any atom is -0.371 e. The van der Waals surface area contributed by atoms with E-state index in [1.165, 1.54) is 6.20 Å². The van der Waals surface area contributed by atoms with Crippen molar-refractivity contribution in [3.05, 3.63) is 36.2 Å². The number of aryl methyl sites for hydroxylation is 1. The van der Waals surface area contributed by atoms with E-state index in [0.29, 0.717) is 11.5 Å². The molecule has 7 nitrogen and oxygen atoms in total. The Morgan fingerprint density at radius 2 is 2.18 bits per heavy atom. The largest absolute Gasteiger partial charge is 0.371 e. The Balaban J connectivity index is 1.74. The van der Waals surface area contributed by atoms with E-state index in [9.17, 15) is 4.79 Å². The van der Waals surface area contributed by atoms with Crippen molar-refractivity contribution in [3.8, 4) is 0 Å². The van der Waals surface area contributed by atoms with Gasteiger partial charge in [-0.15, -0.1) is 10.2 Å². The molecule has 0 bridgehead atoms. The van der Waals surface area contributed by atoms with E-state index in [-0.39, 0.29) is 0 Å². The second kappa shape index (κ2) is 6.13. The van der Waals surface area contributed by atoms with Crippen LogP contribution in [-0.2, 0) is 6.54 Å². The van der Waals surface area contributed by atoms with E-state index in [4.69, 9.17) is 5.73 Å². The maximum atomic E-state index is 11.5. The van der Waals surface area contributed by atoms with E-state index in [2.05, 4.69) is 31.6 Å². The normalized spacial score (nSPS) is 16.0. The highest BCUT2D eigenvalue weighted by Crippen LogP contribution is 2.30. The molecule has 1 aliphatic rings. The first-order valence-electron chi connectivity index (χ1n) is 7.57. The first-order valence-corrected chi connectivity index (χ1v) is 7.57. The van der Waals surface area contributed by atoms with Gasteiger partial charge in [0.2, 0.25) is 0 Å². The number of carbonyl (C=O) groups excluding carboxylic acids is 1. The highest BCUT2D eigenvalue weighted by Gasteiger charge is 2.26. The van der Waals surface area contributed by atoms with Crippen molar-refractivity contribution in [2.75, 3.05) is 18.0 Å². The average Bonchev–Trinajstić information content (AvgIpc) is 3.03. The van der Waals surface area contributed by atoms with Crippen LogP contribution in [0, 0.1) is 0 Å². The van der Waals surface area contributed by atoms with Crippen molar-refractivity contribution in [1.29, 1.82) is 0 Å². The van der Waals surface area contributed by atoms with Crippen LogP contribution in [0.4, 0.5) is 5.69 Å². The van der Waals surface area contributed by atoms with E-state index in [1.54, 1.807) is 12.5 Å². The summed E-state index contributed by atoms with van der Waals surface area (Å²) in [4.78, 5) is 17.7. The lowest BCUT2D eigenvalue weighted by molar-refractivity contribution is 0.100. The molecule has 22 heavy (non-hydrogen) atoms. The zero-order valence-corrected chi connectivity index (χ0v) is 12.6. The molecule has 0 aromatic carbocycles. The lowest BCUT2D eigenvalue weighted by Crippen LogP contribution is -2.35. The molecule has 0 radical (unpaired) electrons. The fraction of sp³-hybridized carbons (Fsp3) is 0.467. The number of piperidine rings is 1. The summed E-state index contributed by atoms with van der Waals surface area (Å²) in [7, 11) is 0. The van der Waals surface area contributed by atoms with Crippen LogP contribution in [0.2, 0.25) is 0 Å². The zero-order valence-electron chi connectivity index (χ0n) is 12.6. The van der Waals surface area contributed by atoms with Gasteiger partial charge in [0.15, 0.2) is 0 Å². The molecule has 1 aliphatic heterocycles. The number of pyridine rings is 1. The van der Waals surface area contributed by atoms with Gasteiger partial charge < -0.3 is 15.2 Å². The molecule has 1 fully saturated rings. The molecular formula is C15H20N6O. The topological polar surface area (TPSA) is 89.9 Å². The number of nitrogens with zero attached hydrogens (tertiary/aromatic N) is 5. The van der Waals surface area contributed by atoms with Gasteiger partial charge in [-0.3, -0.25) is 9.78 Å². The van der Waals surface area contributed by atoms with Gasteiger partial charge in [0.25, 0.3) is 5.91 Å². The smallest absolute Gasteiger partial charge is 0.252 e. The van der Waals surface area contributed by atoms with Crippen LogP contribution in [0.25, 0.3) is 0 Å². The lowest BCUT2D eigenvalue weighted by Gasteiger charge is -2.33. The first-order chi connectivity index (χ1) is 10.7. The number of aromatic nitrogens is 4. The number of nitrogens with two attached hydrogens (primary N) is 1. The second-order valence-corrected chi connectivity index (χ2v) is 5.49. The van der Waals surface area contributed by atoms with Crippen molar-refractivity contribution in [2.45, 2.75) is 32.2 Å². The number of anilines is 1. The van der Waals surface area contributed by atoms with Crippen LogP contribution in [0.5, 0.6) is 0 Å². The Morgan fingerprint density at radius 1 is 1.41 bits per heavy atom. The highest BCUT2D eigenvalue weighted by atomic mass is 16.1. The Hall–Kier alpha value is -2.44. The summed E-state index contributed by atoms with van der Waals surface area (Å²) in [5, 5.41) is 8.28. The standard InChI is InChI=1S/C15H20N6O/c1-2-20-10-18-19-15(20)11-4-7-21(8-5-11)13-3-6-17-9-12(13)14(16)22/h3,6,9-11H,2,4-5,7-8H2,1H3,(H2,16,22). The Labute approximate surface area is 129 Å². The van der Waals surface area contributed by atoms with Crippen molar-refractivity contribution >= 4 is 11.6 Å². The first kappa shape index (κ1) is 14.5. The Morgan fingerprint density at radius 3 is 2.86 bits per heavy atom. The van der Waals surface area contributed by atoms with Crippen molar-refractivity contribution in [1.82, 2.24) is 19.7 Å². The van der Waals surface area contributed by atoms with Crippen LogP contribution < -0.4 is 10.6 Å². The third-order valence-electron chi connectivity index (χ3n) is 4.25. The summed E-state index contributed by atoms with van der Waals surface area (Å²) in [5.74, 6) is 1.04. The lowest BCUT2D eigenvalue weighted by atomic mass is 9.95. The van der Waals surface area contributed by atoms with Gasteiger partial charge in [0.1, 0.15) is 12.2 Å². The van der Waals surface area contributed by atoms with Gasteiger partial charge in [-0.05, 0) is 25.8 Å². The number of rotatable bonds is 4. The fourth-order valence-corrected chi connectivity index (χ4v) is 3.06. The summed E-state index contributed by atoms with van der Waals surface area (Å²) in [5.41, 5.74) is 6.79. The maximum absolute atomic E-state index is 11.5. The monoisotopic (exact) mass is 300 g/mol. The number of hydrogen-bond donors (Lipinski definition) is 1. The number of primary amides is 1. The van der Waals surface area contributed by atoms with Crippen molar-refractivity contribution < 1.29 is 4.79 Å². The molecule has 116 valence electrons. The molecule has 3 rings (SSSR count). The molecular weight excluding hydrogens is 280 g/mol. The fourth-order valence-electron chi connectivity index (χ4n) is 3.06. The third-order valence-corrected chi connectivity index (χ3v) is 4.25. The SMILES string of the molecule is CCn1cnnc1C1CCN(c2ccncc2C(N)=O)CC1. The highest BCUT2D eigenvalue weighted by molar-refractivity contribution is 5.98. The van der Waals surface area contributed by atoms with Crippen LogP contribution >= 0.6 is 0 Å². The molecule has 3 heterocycles. The molecule has 7 heteroatoms. The molecule has 2 aromatic rings. The van der Waals surface area contributed by atoms with Crippen LogP contribution in [0.1, 0.15) is 41.9 Å². The van der Waals surface area contributed by atoms with Crippen LogP contribution in [0.3, 0.4) is 0 Å². The molecule has 0 aliphatic carbocycles. The predicted molar refractivity (Wildman–Crippen MR) is 82.6 cm³/mol. The maximum Gasteiger partial charge on any atom is 0.252 e. The second-order valence-electron chi connectivity index (χ2n) is 5.49.